The van der Waals surface area contributed by atoms with Crippen LogP contribution < -0.4 is 5.56 Å². The van der Waals surface area contributed by atoms with Crippen LogP contribution in [-0.4, -0.2) is 9.55 Å². The van der Waals surface area contributed by atoms with Gasteiger partial charge < -0.3 is 0 Å². The molecule has 0 N–H and O–H groups in total. The molecular formula is C12H9BrClFN2O. The maximum Gasteiger partial charge on any atom is 0.269 e. The van der Waals surface area contributed by atoms with E-state index >= 15 is 0 Å². The van der Waals surface area contributed by atoms with E-state index < -0.39 is 0 Å². The van der Waals surface area contributed by atoms with Gasteiger partial charge in [0.15, 0.2) is 0 Å². The van der Waals surface area contributed by atoms with Crippen LogP contribution in [0.4, 0.5) is 4.39 Å². The molecule has 1 aromatic heterocycles. The van der Waals surface area contributed by atoms with Gasteiger partial charge in [0, 0.05) is 0 Å². The number of benzene rings is 1. The van der Waals surface area contributed by atoms with Crippen molar-refractivity contribution >= 4 is 27.5 Å². The summed E-state index contributed by atoms with van der Waals surface area (Å²) in [6, 6.07) is 5.59. The number of hydrogen-bond donors (Lipinski definition) is 0. The molecule has 0 amide bonds. The lowest BCUT2D eigenvalue weighted by Crippen LogP contribution is -2.26. The van der Waals surface area contributed by atoms with Gasteiger partial charge in [-0.2, -0.15) is 0 Å². The van der Waals surface area contributed by atoms with E-state index in [-0.39, 0.29) is 22.7 Å². The van der Waals surface area contributed by atoms with Crippen LogP contribution in [0.25, 0.3) is 0 Å². The molecule has 0 saturated carbocycles. The van der Waals surface area contributed by atoms with E-state index in [2.05, 4.69) is 20.9 Å². The Balaban J connectivity index is 2.52. The smallest absolute Gasteiger partial charge is 0.269 e. The zero-order valence-electron chi connectivity index (χ0n) is 9.40. The molecule has 0 spiro atoms. The van der Waals surface area contributed by atoms with E-state index in [1.807, 2.05) is 0 Å². The van der Waals surface area contributed by atoms with Crippen molar-refractivity contribution in [3.63, 3.8) is 0 Å². The first kappa shape index (κ1) is 13.2. The minimum atomic E-state index is -0.324. The predicted octanol–water partition coefficient (Wildman–Crippen LogP) is 3.41. The molecule has 0 bridgehead atoms. The van der Waals surface area contributed by atoms with E-state index in [0.717, 1.165) is 5.56 Å². The third-order valence-electron chi connectivity index (χ3n) is 2.65. The molecule has 2 rings (SSSR count). The quantitative estimate of drug-likeness (QED) is 0.791. The average molecular weight is 332 g/mol. The lowest BCUT2D eigenvalue weighted by molar-refractivity contribution is 0.593. The van der Waals surface area contributed by atoms with Crippen molar-refractivity contribution in [2.45, 2.75) is 13.0 Å². The fourth-order valence-electron chi connectivity index (χ4n) is 1.65. The standard InChI is InChI=1S/C12H9BrClFN2O/c1-7(8-2-4-9(15)5-3-8)17-11(18)10(13)6-16-12(17)14/h2-7H,1H3. The van der Waals surface area contributed by atoms with E-state index in [9.17, 15) is 9.18 Å². The maximum absolute atomic E-state index is 12.9. The van der Waals surface area contributed by atoms with Gasteiger partial charge in [-0.05, 0) is 52.2 Å². The highest BCUT2D eigenvalue weighted by molar-refractivity contribution is 9.10. The van der Waals surface area contributed by atoms with Crippen molar-refractivity contribution in [2.24, 2.45) is 0 Å². The number of nitrogens with zero attached hydrogens (tertiary/aromatic N) is 2. The molecule has 6 heteroatoms. The Labute approximate surface area is 116 Å². The molecule has 0 aliphatic carbocycles. The third kappa shape index (κ3) is 2.47. The van der Waals surface area contributed by atoms with Crippen LogP contribution in [0.5, 0.6) is 0 Å². The van der Waals surface area contributed by atoms with Gasteiger partial charge in [-0.15, -0.1) is 0 Å². The minimum absolute atomic E-state index is 0.0972. The highest BCUT2D eigenvalue weighted by atomic mass is 79.9. The normalized spacial score (nSPS) is 12.4. The van der Waals surface area contributed by atoms with Gasteiger partial charge in [0.05, 0.1) is 12.2 Å². The van der Waals surface area contributed by atoms with Crippen LogP contribution in [0.3, 0.4) is 0 Å². The highest BCUT2D eigenvalue weighted by Gasteiger charge is 2.15. The first-order valence-corrected chi connectivity index (χ1v) is 6.36. The summed E-state index contributed by atoms with van der Waals surface area (Å²) in [6.07, 6.45) is 1.36. The molecule has 0 saturated heterocycles. The number of aromatic nitrogens is 2. The summed E-state index contributed by atoms with van der Waals surface area (Å²) in [5, 5.41) is 0.0972. The van der Waals surface area contributed by atoms with Gasteiger partial charge in [-0.1, -0.05) is 12.1 Å². The van der Waals surface area contributed by atoms with Crippen molar-refractivity contribution in [3.05, 3.63) is 62.0 Å². The van der Waals surface area contributed by atoms with E-state index in [1.165, 1.54) is 22.9 Å². The molecule has 1 unspecified atom stereocenters. The SMILES string of the molecule is CC(c1ccc(F)cc1)n1c(Cl)ncc(Br)c1=O. The summed E-state index contributed by atoms with van der Waals surface area (Å²) >= 11 is 9.05. The Morgan fingerprint density at radius 2 is 2.00 bits per heavy atom. The van der Waals surface area contributed by atoms with E-state index in [4.69, 9.17) is 11.6 Å². The Morgan fingerprint density at radius 1 is 1.39 bits per heavy atom. The molecule has 2 aromatic rings. The summed E-state index contributed by atoms with van der Waals surface area (Å²) in [6.45, 7) is 1.80. The molecule has 0 aliphatic rings. The molecule has 0 radical (unpaired) electrons. The predicted molar refractivity (Wildman–Crippen MR) is 71.4 cm³/mol. The second kappa shape index (κ2) is 5.20. The molecule has 0 fully saturated rings. The van der Waals surface area contributed by atoms with Gasteiger partial charge in [0.25, 0.3) is 5.56 Å². The van der Waals surface area contributed by atoms with Gasteiger partial charge in [0.2, 0.25) is 5.28 Å². The molecule has 1 atom stereocenters. The first-order chi connectivity index (χ1) is 8.50. The Hall–Kier alpha value is -1.20. The summed E-state index contributed by atoms with van der Waals surface area (Å²) in [5.41, 5.74) is 0.507. The topological polar surface area (TPSA) is 34.9 Å². The molecule has 1 aromatic carbocycles. The molecule has 94 valence electrons. The Morgan fingerprint density at radius 3 is 2.61 bits per heavy atom. The average Bonchev–Trinajstić information content (AvgIpc) is 2.35. The van der Waals surface area contributed by atoms with Crippen molar-refractivity contribution in [3.8, 4) is 0 Å². The second-order valence-electron chi connectivity index (χ2n) is 3.78. The largest absolute Gasteiger partial charge is 0.275 e. The van der Waals surface area contributed by atoms with E-state index in [0.29, 0.717) is 4.47 Å². The minimum Gasteiger partial charge on any atom is -0.275 e. The third-order valence-corrected chi connectivity index (χ3v) is 3.47. The first-order valence-electron chi connectivity index (χ1n) is 5.18. The van der Waals surface area contributed by atoms with Crippen LogP contribution >= 0.6 is 27.5 Å². The van der Waals surface area contributed by atoms with Crippen molar-refractivity contribution in [1.29, 1.82) is 0 Å². The highest BCUT2D eigenvalue weighted by Crippen LogP contribution is 2.20. The maximum atomic E-state index is 12.9. The zero-order chi connectivity index (χ0) is 13.3. The summed E-state index contributed by atoms with van der Waals surface area (Å²) in [5.74, 6) is -0.322. The van der Waals surface area contributed by atoms with Crippen LogP contribution in [0.1, 0.15) is 18.5 Å². The van der Waals surface area contributed by atoms with Gasteiger partial charge >= 0.3 is 0 Å². The number of hydrogen-bond acceptors (Lipinski definition) is 2. The number of halogens is 3. The fourth-order valence-corrected chi connectivity index (χ4v) is 2.22. The number of rotatable bonds is 2. The molecule has 0 aliphatic heterocycles. The molecular weight excluding hydrogens is 323 g/mol. The van der Waals surface area contributed by atoms with Gasteiger partial charge in [-0.25, -0.2) is 9.37 Å². The summed E-state index contributed by atoms with van der Waals surface area (Å²) < 4.78 is 14.5. The molecule has 1 heterocycles. The lowest BCUT2D eigenvalue weighted by Gasteiger charge is -2.16. The molecule has 18 heavy (non-hydrogen) atoms. The summed E-state index contributed by atoms with van der Waals surface area (Å²) in [7, 11) is 0. The van der Waals surface area contributed by atoms with Crippen LogP contribution in [-0.2, 0) is 0 Å². The van der Waals surface area contributed by atoms with Crippen molar-refractivity contribution in [2.75, 3.05) is 0 Å². The van der Waals surface area contributed by atoms with E-state index in [1.54, 1.807) is 19.1 Å². The van der Waals surface area contributed by atoms with Crippen LogP contribution in [0.15, 0.2) is 39.7 Å². The van der Waals surface area contributed by atoms with Gasteiger partial charge in [-0.3, -0.25) is 9.36 Å². The Bertz CT molecular complexity index is 627. The summed E-state index contributed by atoms with van der Waals surface area (Å²) in [4.78, 5) is 15.9. The second-order valence-corrected chi connectivity index (χ2v) is 4.97. The van der Waals surface area contributed by atoms with Crippen LogP contribution in [0.2, 0.25) is 5.28 Å². The zero-order valence-corrected chi connectivity index (χ0v) is 11.7. The Kier molecular flexibility index (Phi) is 3.82. The van der Waals surface area contributed by atoms with Crippen molar-refractivity contribution < 1.29 is 4.39 Å². The van der Waals surface area contributed by atoms with Crippen molar-refractivity contribution in [1.82, 2.24) is 9.55 Å². The van der Waals surface area contributed by atoms with Gasteiger partial charge in [0.1, 0.15) is 10.3 Å². The monoisotopic (exact) mass is 330 g/mol. The lowest BCUT2D eigenvalue weighted by atomic mass is 10.1. The molecule has 3 nitrogen and oxygen atoms in total. The fraction of sp³-hybridized carbons (Fsp3) is 0.167. The van der Waals surface area contributed by atoms with Crippen LogP contribution in [0, 0.1) is 5.82 Å².